The van der Waals surface area contributed by atoms with Crippen LogP contribution in [0.1, 0.15) is 45.6 Å². The van der Waals surface area contributed by atoms with E-state index in [9.17, 15) is 24.0 Å². The maximum absolute atomic E-state index is 13.1. The summed E-state index contributed by atoms with van der Waals surface area (Å²) in [4.78, 5) is 61.8. The minimum absolute atomic E-state index is 0.0475. The number of aldehydes is 1. The van der Waals surface area contributed by atoms with Crippen LogP contribution < -0.4 is 21.3 Å². The van der Waals surface area contributed by atoms with Gasteiger partial charge in [-0.2, -0.15) is 0 Å². The number of alkyl carbamates (subject to hydrolysis) is 1. The Balaban J connectivity index is 2.00. The Morgan fingerprint density at radius 1 is 1.14 bits per heavy atom. The average molecular weight is 501 g/mol. The number of benzene rings is 1. The van der Waals surface area contributed by atoms with E-state index in [4.69, 9.17) is 4.74 Å². The maximum Gasteiger partial charge on any atom is 0.408 e. The highest BCUT2D eigenvalue weighted by molar-refractivity contribution is 5.92. The zero-order valence-corrected chi connectivity index (χ0v) is 21.0. The third-order valence-electron chi connectivity index (χ3n) is 5.81. The quantitative estimate of drug-likeness (QED) is 0.239. The average Bonchev–Trinajstić information content (AvgIpc) is 3.24. The van der Waals surface area contributed by atoms with E-state index in [-0.39, 0.29) is 37.2 Å². The van der Waals surface area contributed by atoms with Crippen LogP contribution in [-0.2, 0) is 30.5 Å². The zero-order chi connectivity index (χ0) is 26.7. The number of ether oxygens (including phenoxy) is 1. The van der Waals surface area contributed by atoms with Gasteiger partial charge in [-0.1, -0.05) is 49.8 Å². The van der Waals surface area contributed by atoms with Gasteiger partial charge in [0.25, 0.3) is 0 Å². The number of hydrogen-bond acceptors (Lipinski definition) is 6. The molecule has 1 heterocycles. The van der Waals surface area contributed by atoms with Crippen LogP contribution >= 0.6 is 0 Å². The molecule has 1 saturated heterocycles. The van der Waals surface area contributed by atoms with Crippen LogP contribution in [0.25, 0.3) is 0 Å². The number of hydrogen-bond donors (Lipinski definition) is 4. The summed E-state index contributed by atoms with van der Waals surface area (Å²) in [5.41, 5.74) is 1.45. The van der Waals surface area contributed by atoms with Crippen molar-refractivity contribution >= 4 is 30.1 Å². The van der Waals surface area contributed by atoms with Gasteiger partial charge in [-0.05, 0) is 37.7 Å². The first-order valence-corrected chi connectivity index (χ1v) is 12.1. The molecule has 36 heavy (non-hydrogen) atoms. The number of carbonyl (C=O) groups is 5. The molecule has 0 aromatic heterocycles. The van der Waals surface area contributed by atoms with Crippen molar-refractivity contribution in [1.82, 2.24) is 21.3 Å². The van der Waals surface area contributed by atoms with Gasteiger partial charge >= 0.3 is 6.09 Å². The van der Waals surface area contributed by atoms with Gasteiger partial charge < -0.3 is 30.8 Å². The largest absolute Gasteiger partial charge is 0.445 e. The zero-order valence-electron chi connectivity index (χ0n) is 21.0. The lowest BCUT2D eigenvalue weighted by atomic mass is 9.98. The molecule has 1 aromatic rings. The summed E-state index contributed by atoms with van der Waals surface area (Å²) < 4.78 is 5.22. The van der Waals surface area contributed by atoms with E-state index in [1.807, 2.05) is 30.3 Å². The second kappa shape index (κ2) is 14.0. The second-order valence-corrected chi connectivity index (χ2v) is 9.41. The van der Waals surface area contributed by atoms with E-state index in [2.05, 4.69) is 27.8 Å². The number of nitrogens with one attached hydrogen (secondary N) is 4. The van der Waals surface area contributed by atoms with Gasteiger partial charge in [0.2, 0.25) is 17.7 Å². The Morgan fingerprint density at radius 2 is 1.83 bits per heavy atom. The van der Waals surface area contributed by atoms with Crippen molar-refractivity contribution in [3.05, 3.63) is 48.0 Å². The van der Waals surface area contributed by atoms with Crippen LogP contribution in [0.5, 0.6) is 0 Å². The summed E-state index contributed by atoms with van der Waals surface area (Å²) in [5.74, 6) is -1.94. The maximum atomic E-state index is 13.1. The van der Waals surface area contributed by atoms with E-state index in [0.717, 1.165) is 5.56 Å². The number of carbonyl (C=O) groups excluding carboxylic acids is 5. The third kappa shape index (κ3) is 9.16. The fourth-order valence-electron chi connectivity index (χ4n) is 3.85. The molecule has 0 spiro atoms. The molecule has 1 fully saturated rings. The van der Waals surface area contributed by atoms with Gasteiger partial charge in [-0.3, -0.25) is 14.4 Å². The lowest BCUT2D eigenvalue weighted by Gasteiger charge is -2.26. The Kier molecular flexibility index (Phi) is 11.1. The van der Waals surface area contributed by atoms with Crippen LogP contribution in [0.2, 0.25) is 0 Å². The summed E-state index contributed by atoms with van der Waals surface area (Å²) in [5, 5.41) is 10.5. The normalized spacial score (nSPS) is 17.3. The van der Waals surface area contributed by atoms with Gasteiger partial charge in [-0.15, -0.1) is 6.58 Å². The summed E-state index contributed by atoms with van der Waals surface area (Å²) in [6.07, 6.45) is 0.732. The van der Waals surface area contributed by atoms with Crippen molar-refractivity contribution < 1.29 is 28.7 Å². The molecule has 0 radical (unpaired) electrons. The highest BCUT2D eigenvalue weighted by atomic mass is 16.5. The molecule has 1 aliphatic rings. The Hall–Kier alpha value is -3.69. The van der Waals surface area contributed by atoms with E-state index >= 15 is 0 Å². The monoisotopic (exact) mass is 500 g/mol. The first-order chi connectivity index (χ1) is 17.1. The van der Waals surface area contributed by atoms with Gasteiger partial charge in [0.05, 0.1) is 6.04 Å². The molecule has 4 amide bonds. The van der Waals surface area contributed by atoms with Gasteiger partial charge in [0.1, 0.15) is 25.0 Å². The van der Waals surface area contributed by atoms with E-state index in [1.54, 1.807) is 20.8 Å². The van der Waals surface area contributed by atoms with Crippen molar-refractivity contribution in [3.63, 3.8) is 0 Å². The first kappa shape index (κ1) is 28.5. The van der Waals surface area contributed by atoms with Gasteiger partial charge in [0, 0.05) is 12.5 Å². The molecule has 4 atom stereocenters. The summed E-state index contributed by atoms with van der Waals surface area (Å²) in [6.45, 7) is 9.62. The lowest BCUT2D eigenvalue weighted by Crippen LogP contribution is -2.56. The van der Waals surface area contributed by atoms with Crippen molar-refractivity contribution in [2.45, 2.75) is 64.8 Å². The second-order valence-electron chi connectivity index (χ2n) is 9.41. The smallest absolute Gasteiger partial charge is 0.408 e. The summed E-state index contributed by atoms with van der Waals surface area (Å²) in [6, 6.07) is 6.28. The standard InChI is InChI=1S/C26H36N4O6/c1-16(2)12-21(24(33)28-20(14-31)13-19-10-11-27-23(19)32)29-25(34)22(17(3)4)30-26(35)36-15-18-8-6-5-7-9-18/h5-9,14,17,19-22H,1,10-13,15H2,2-4H3,(H,27,32)(H,28,33)(H,29,34)(H,30,35)/t19-,20-,21-,22?/m0/s1. The number of amides is 4. The fraction of sp³-hybridized carbons (Fsp3) is 0.500. The molecule has 1 aromatic carbocycles. The molecular weight excluding hydrogens is 464 g/mol. The minimum Gasteiger partial charge on any atom is -0.445 e. The fourth-order valence-corrected chi connectivity index (χ4v) is 3.85. The highest BCUT2D eigenvalue weighted by Crippen LogP contribution is 2.16. The number of rotatable bonds is 13. The predicted octanol–water partition coefficient (Wildman–Crippen LogP) is 1.60. The predicted molar refractivity (Wildman–Crippen MR) is 133 cm³/mol. The molecule has 1 aliphatic heterocycles. The molecule has 196 valence electrons. The van der Waals surface area contributed by atoms with Crippen LogP contribution in [0.3, 0.4) is 0 Å². The van der Waals surface area contributed by atoms with Crippen LogP contribution in [0, 0.1) is 11.8 Å². The molecule has 1 unspecified atom stereocenters. The third-order valence-corrected chi connectivity index (χ3v) is 5.81. The molecule has 10 nitrogen and oxygen atoms in total. The van der Waals surface area contributed by atoms with Crippen molar-refractivity contribution in [2.75, 3.05) is 6.54 Å². The van der Waals surface area contributed by atoms with E-state index < -0.39 is 36.0 Å². The lowest BCUT2D eigenvalue weighted by molar-refractivity contribution is -0.131. The Labute approximate surface area is 211 Å². The van der Waals surface area contributed by atoms with Crippen molar-refractivity contribution in [2.24, 2.45) is 11.8 Å². The van der Waals surface area contributed by atoms with Gasteiger partial charge in [0.15, 0.2) is 0 Å². The van der Waals surface area contributed by atoms with Crippen LogP contribution in [0.15, 0.2) is 42.5 Å². The first-order valence-electron chi connectivity index (χ1n) is 12.1. The summed E-state index contributed by atoms with van der Waals surface area (Å²) >= 11 is 0. The molecule has 10 heteroatoms. The summed E-state index contributed by atoms with van der Waals surface area (Å²) in [7, 11) is 0. The molecule has 0 aliphatic carbocycles. The van der Waals surface area contributed by atoms with E-state index in [1.165, 1.54) is 0 Å². The molecule has 0 bridgehead atoms. The molecule has 0 saturated carbocycles. The van der Waals surface area contributed by atoms with Crippen molar-refractivity contribution in [1.29, 1.82) is 0 Å². The molecule has 4 N–H and O–H groups in total. The Morgan fingerprint density at radius 3 is 2.39 bits per heavy atom. The van der Waals surface area contributed by atoms with Crippen LogP contribution in [0.4, 0.5) is 4.79 Å². The SMILES string of the molecule is C=C(C)C[C@H](NC(=O)C(NC(=O)OCc1ccccc1)C(C)C)C(=O)N[C@H](C=O)C[C@@H]1CCNC1=O. The molecular formula is C26H36N4O6. The van der Waals surface area contributed by atoms with Gasteiger partial charge in [-0.25, -0.2) is 4.79 Å². The minimum atomic E-state index is -1.02. The van der Waals surface area contributed by atoms with Crippen LogP contribution in [-0.4, -0.2) is 54.8 Å². The molecule has 2 rings (SSSR count). The highest BCUT2D eigenvalue weighted by Gasteiger charge is 2.32. The van der Waals surface area contributed by atoms with Crippen molar-refractivity contribution in [3.8, 4) is 0 Å². The van der Waals surface area contributed by atoms with E-state index in [0.29, 0.717) is 24.8 Å². The Bertz CT molecular complexity index is 949. The topological polar surface area (TPSA) is 143 Å².